The number of nitrogens with zero attached hydrogens (tertiary/aromatic N) is 3. The number of fused-ring (bicyclic) bond motifs is 2. The molecule has 0 spiro atoms. The first-order valence-electron chi connectivity index (χ1n) is 10.0. The third-order valence-electron chi connectivity index (χ3n) is 5.21. The number of benzene rings is 2. The molecule has 1 amide bonds. The van der Waals surface area contributed by atoms with Crippen LogP contribution in [-0.2, 0) is 11.2 Å². The summed E-state index contributed by atoms with van der Waals surface area (Å²) >= 11 is 0. The van der Waals surface area contributed by atoms with Crippen molar-refractivity contribution in [2.24, 2.45) is 5.73 Å². The SMILES string of the molecule is N=C(N)c1ccc2nc(Cc3nc4c(OCCN5CCOC5=O)cc(F)cc4[nH]3)[nH]c2c1. The molecule has 4 aromatic rings. The number of hydrogen-bond acceptors (Lipinski definition) is 6. The molecule has 0 bridgehead atoms. The summed E-state index contributed by atoms with van der Waals surface area (Å²) < 4.78 is 24.7. The van der Waals surface area contributed by atoms with Gasteiger partial charge in [0.25, 0.3) is 0 Å². The second-order valence-electron chi connectivity index (χ2n) is 7.44. The molecule has 11 heteroatoms. The van der Waals surface area contributed by atoms with Gasteiger partial charge >= 0.3 is 6.09 Å². The van der Waals surface area contributed by atoms with E-state index in [0.29, 0.717) is 60.1 Å². The van der Waals surface area contributed by atoms with Crippen molar-refractivity contribution in [3.05, 3.63) is 53.4 Å². The highest BCUT2D eigenvalue weighted by atomic mass is 19.1. The minimum absolute atomic E-state index is 0.0171. The molecule has 3 heterocycles. The lowest BCUT2D eigenvalue weighted by Gasteiger charge is -2.13. The van der Waals surface area contributed by atoms with Gasteiger partial charge < -0.3 is 30.1 Å². The Hall–Kier alpha value is -4.15. The summed E-state index contributed by atoms with van der Waals surface area (Å²) in [6.07, 6.45) is -0.0132. The van der Waals surface area contributed by atoms with Crippen LogP contribution < -0.4 is 10.5 Å². The Balaban J connectivity index is 1.36. The summed E-state index contributed by atoms with van der Waals surface area (Å²) in [5, 5.41) is 7.56. The fourth-order valence-corrected chi connectivity index (χ4v) is 3.66. The van der Waals surface area contributed by atoms with E-state index >= 15 is 0 Å². The average Bonchev–Trinajstić information content (AvgIpc) is 3.45. The number of H-pyrrole nitrogens is 2. The van der Waals surface area contributed by atoms with Crippen molar-refractivity contribution >= 4 is 34.0 Å². The van der Waals surface area contributed by atoms with Crippen LogP contribution in [0, 0.1) is 11.2 Å². The molecule has 1 aliphatic rings. The molecule has 0 atom stereocenters. The van der Waals surface area contributed by atoms with E-state index < -0.39 is 5.82 Å². The zero-order valence-electron chi connectivity index (χ0n) is 16.9. The molecule has 0 aliphatic carbocycles. The summed E-state index contributed by atoms with van der Waals surface area (Å²) in [7, 11) is 0. The van der Waals surface area contributed by atoms with Crippen molar-refractivity contribution in [3.8, 4) is 5.75 Å². The third kappa shape index (κ3) is 3.80. The summed E-state index contributed by atoms with van der Waals surface area (Å²) in [4.78, 5) is 28.5. The highest BCUT2D eigenvalue weighted by Gasteiger charge is 2.21. The maximum absolute atomic E-state index is 14.1. The van der Waals surface area contributed by atoms with Crippen molar-refractivity contribution in [2.45, 2.75) is 6.42 Å². The number of ether oxygens (including phenoxy) is 2. The molecule has 0 unspecified atom stereocenters. The van der Waals surface area contributed by atoms with Gasteiger partial charge in [0, 0.05) is 11.6 Å². The monoisotopic (exact) mass is 437 g/mol. The molecular formula is C21H20FN7O3. The van der Waals surface area contributed by atoms with Gasteiger partial charge in [-0.05, 0) is 24.3 Å². The Morgan fingerprint density at radius 3 is 2.81 bits per heavy atom. The lowest BCUT2D eigenvalue weighted by molar-refractivity contribution is 0.153. The topological polar surface area (TPSA) is 146 Å². The Bertz CT molecular complexity index is 1350. The molecule has 1 fully saturated rings. The molecule has 0 saturated carbocycles. The van der Waals surface area contributed by atoms with Gasteiger partial charge in [0.2, 0.25) is 0 Å². The summed E-state index contributed by atoms with van der Waals surface area (Å²) in [6.45, 7) is 1.41. The number of cyclic esters (lactones) is 1. The number of aromatic amines is 2. The number of carbonyl (C=O) groups excluding carboxylic acids is 1. The standard InChI is InChI=1S/C21H20FN7O3/c22-12-8-15-19(16(9-12)31-5-3-29-4-6-32-21(29)30)28-18(27-15)10-17-25-13-2-1-11(20(23)24)7-14(13)26-17/h1-2,7-9H,3-6,10H2,(H3,23,24)(H,25,26)(H,27,28). The van der Waals surface area contributed by atoms with E-state index in [9.17, 15) is 9.18 Å². The number of rotatable bonds is 7. The molecule has 164 valence electrons. The smallest absolute Gasteiger partial charge is 0.410 e. The third-order valence-corrected chi connectivity index (χ3v) is 5.21. The quantitative estimate of drug-likeness (QED) is 0.258. The molecule has 1 aliphatic heterocycles. The van der Waals surface area contributed by atoms with Gasteiger partial charge in [-0.3, -0.25) is 5.41 Å². The van der Waals surface area contributed by atoms with E-state index in [0.717, 1.165) is 11.0 Å². The summed E-state index contributed by atoms with van der Waals surface area (Å²) in [5.74, 6) is 1.07. The number of carbonyl (C=O) groups is 1. The van der Waals surface area contributed by atoms with Crippen molar-refractivity contribution in [1.29, 1.82) is 5.41 Å². The van der Waals surface area contributed by atoms with Crippen LogP contribution in [0.5, 0.6) is 5.75 Å². The highest BCUT2D eigenvalue weighted by molar-refractivity contribution is 5.97. The van der Waals surface area contributed by atoms with Crippen LogP contribution in [0.4, 0.5) is 9.18 Å². The van der Waals surface area contributed by atoms with Gasteiger partial charge in [0.15, 0.2) is 0 Å². The first-order valence-corrected chi connectivity index (χ1v) is 10.0. The van der Waals surface area contributed by atoms with E-state index in [1.54, 1.807) is 18.2 Å². The van der Waals surface area contributed by atoms with Crippen LogP contribution in [0.15, 0.2) is 30.3 Å². The van der Waals surface area contributed by atoms with Crippen molar-refractivity contribution < 1.29 is 18.7 Å². The number of nitrogens with one attached hydrogen (secondary N) is 3. The van der Waals surface area contributed by atoms with Gasteiger partial charge in [0.05, 0.1) is 36.1 Å². The summed E-state index contributed by atoms with van der Waals surface area (Å²) in [6, 6.07) is 7.94. The normalized spacial score (nSPS) is 13.8. The number of nitrogen functional groups attached to an aromatic ring is 1. The molecular weight excluding hydrogens is 417 g/mol. The molecule has 2 aromatic carbocycles. The maximum Gasteiger partial charge on any atom is 0.410 e. The van der Waals surface area contributed by atoms with E-state index in [4.69, 9.17) is 20.6 Å². The van der Waals surface area contributed by atoms with Crippen molar-refractivity contribution in [1.82, 2.24) is 24.8 Å². The van der Waals surface area contributed by atoms with Crippen LogP contribution in [-0.4, -0.2) is 63.1 Å². The first kappa shape index (κ1) is 19.8. The minimum atomic E-state index is -0.455. The first-order chi connectivity index (χ1) is 15.5. The second-order valence-corrected chi connectivity index (χ2v) is 7.44. The fraction of sp³-hybridized carbons (Fsp3) is 0.238. The van der Waals surface area contributed by atoms with Gasteiger partial charge in [-0.1, -0.05) is 0 Å². The van der Waals surface area contributed by atoms with E-state index in [1.807, 2.05) is 0 Å². The molecule has 5 rings (SSSR count). The van der Waals surface area contributed by atoms with E-state index in [-0.39, 0.29) is 18.5 Å². The lowest BCUT2D eigenvalue weighted by atomic mass is 10.2. The molecule has 1 saturated heterocycles. The molecule has 32 heavy (non-hydrogen) atoms. The highest BCUT2D eigenvalue weighted by Crippen LogP contribution is 2.26. The van der Waals surface area contributed by atoms with Crippen molar-refractivity contribution in [2.75, 3.05) is 26.3 Å². The van der Waals surface area contributed by atoms with Crippen LogP contribution in [0.25, 0.3) is 22.1 Å². The van der Waals surface area contributed by atoms with Gasteiger partial charge in [-0.2, -0.15) is 0 Å². The Kier molecular flexibility index (Phi) is 4.85. The van der Waals surface area contributed by atoms with E-state index in [1.165, 1.54) is 17.0 Å². The predicted octanol–water partition coefficient (Wildman–Crippen LogP) is 2.28. The largest absolute Gasteiger partial charge is 0.489 e. The molecule has 0 radical (unpaired) electrons. The minimum Gasteiger partial charge on any atom is -0.489 e. The van der Waals surface area contributed by atoms with Crippen LogP contribution in [0.1, 0.15) is 17.2 Å². The van der Waals surface area contributed by atoms with Gasteiger partial charge in [-0.25, -0.2) is 19.2 Å². The summed E-state index contributed by atoms with van der Waals surface area (Å²) in [5.41, 5.74) is 8.67. The number of aromatic nitrogens is 4. The zero-order valence-corrected chi connectivity index (χ0v) is 16.9. The van der Waals surface area contributed by atoms with Crippen molar-refractivity contribution in [3.63, 3.8) is 0 Å². The Morgan fingerprint density at radius 2 is 2.03 bits per heavy atom. The van der Waals surface area contributed by atoms with E-state index in [2.05, 4.69) is 19.9 Å². The van der Waals surface area contributed by atoms with Gasteiger partial charge in [-0.15, -0.1) is 0 Å². The number of imidazole rings is 2. The zero-order chi connectivity index (χ0) is 22.2. The van der Waals surface area contributed by atoms with Crippen LogP contribution >= 0.6 is 0 Å². The van der Waals surface area contributed by atoms with Crippen LogP contribution in [0.2, 0.25) is 0 Å². The number of hydrogen-bond donors (Lipinski definition) is 4. The predicted molar refractivity (Wildman–Crippen MR) is 114 cm³/mol. The Labute approximate surface area is 181 Å². The number of amidine groups is 1. The van der Waals surface area contributed by atoms with Gasteiger partial charge in [0.1, 0.15) is 47.8 Å². The number of nitrogens with two attached hydrogens (primary N) is 1. The molecule has 10 nitrogen and oxygen atoms in total. The van der Waals surface area contributed by atoms with Crippen LogP contribution in [0.3, 0.4) is 0 Å². The molecule has 5 N–H and O–H groups in total. The maximum atomic E-state index is 14.1. The number of amides is 1. The number of halogens is 1. The Morgan fingerprint density at radius 1 is 1.22 bits per heavy atom. The second kappa shape index (κ2) is 7.84. The fourth-order valence-electron chi connectivity index (χ4n) is 3.66. The average molecular weight is 437 g/mol. The lowest BCUT2D eigenvalue weighted by Crippen LogP contribution is -2.29. The molecule has 2 aromatic heterocycles.